The van der Waals surface area contributed by atoms with Gasteiger partial charge in [0.15, 0.2) is 0 Å². The summed E-state index contributed by atoms with van der Waals surface area (Å²) in [7, 11) is -3.76. The van der Waals surface area contributed by atoms with Crippen LogP contribution in [0.15, 0.2) is 41.6 Å². The molecule has 0 aliphatic rings. The average Bonchev–Trinajstić information content (AvgIpc) is 2.40. The topological polar surface area (TPSA) is 85.1 Å². The van der Waals surface area contributed by atoms with Crippen LogP contribution < -0.4 is 10.5 Å². The van der Waals surface area contributed by atoms with E-state index < -0.39 is 15.8 Å². The first kappa shape index (κ1) is 15.4. The lowest BCUT2D eigenvalue weighted by Gasteiger charge is -2.18. The highest BCUT2D eigenvalue weighted by atomic mass is 32.2. The normalized spacial score (nSPS) is 13.0. The maximum Gasteiger partial charge on any atom is 0.238 e. The Balaban J connectivity index is 2.31. The van der Waals surface area contributed by atoms with Crippen molar-refractivity contribution >= 4 is 15.7 Å². The summed E-state index contributed by atoms with van der Waals surface area (Å²) in [4.78, 5) is 3.82. The number of anilines is 1. The van der Waals surface area contributed by atoms with E-state index in [1.807, 2.05) is 13.8 Å². The van der Waals surface area contributed by atoms with Gasteiger partial charge in [-0.1, -0.05) is 6.07 Å². The van der Waals surface area contributed by atoms with E-state index in [1.54, 1.807) is 12.3 Å². The molecule has 1 heterocycles. The Bertz CT molecular complexity index is 763. The number of primary sulfonamides is 1. The van der Waals surface area contributed by atoms with Crippen molar-refractivity contribution in [2.75, 3.05) is 5.32 Å². The summed E-state index contributed by atoms with van der Waals surface area (Å²) in [5.41, 5.74) is 2.15. The Hall–Kier alpha value is -1.99. The standard InChI is InChI=1S/C14H16FN3O2S/c1-9-3-4-13(21(16,19)20)6-14(9)18-10(2)11-5-12(15)8-17-7-11/h3-8,10,18H,1-2H3,(H2,16,19,20). The molecule has 0 saturated carbocycles. The molecule has 0 saturated heterocycles. The highest BCUT2D eigenvalue weighted by Gasteiger charge is 2.12. The van der Waals surface area contributed by atoms with Crippen LogP contribution in [0.25, 0.3) is 0 Å². The van der Waals surface area contributed by atoms with Gasteiger partial charge in [-0.15, -0.1) is 0 Å². The van der Waals surface area contributed by atoms with Crippen molar-refractivity contribution in [3.05, 3.63) is 53.6 Å². The lowest BCUT2D eigenvalue weighted by Crippen LogP contribution is -2.14. The van der Waals surface area contributed by atoms with E-state index in [2.05, 4.69) is 10.3 Å². The molecule has 0 aliphatic carbocycles. The summed E-state index contributed by atoms with van der Waals surface area (Å²) >= 11 is 0. The number of nitrogens with zero attached hydrogens (tertiary/aromatic N) is 1. The van der Waals surface area contributed by atoms with Gasteiger partial charge >= 0.3 is 0 Å². The Morgan fingerprint density at radius 3 is 2.62 bits per heavy atom. The molecular weight excluding hydrogens is 293 g/mol. The molecule has 0 aliphatic heterocycles. The first-order chi connectivity index (χ1) is 9.77. The lowest BCUT2D eigenvalue weighted by atomic mass is 10.1. The Kier molecular flexibility index (Phi) is 4.24. The average molecular weight is 309 g/mol. The first-order valence-corrected chi connectivity index (χ1v) is 7.82. The summed E-state index contributed by atoms with van der Waals surface area (Å²) in [5, 5.41) is 8.26. The minimum absolute atomic E-state index is 0.0279. The van der Waals surface area contributed by atoms with Gasteiger partial charge in [0, 0.05) is 11.9 Å². The second-order valence-corrected chi connectivity index (χ2v) is 6.39. The van der Waals surface area contributed by atoms with E-state index >= 15 is 0 Å². The fourth-order valence-corrected chi connectivity index (χ4v) is 2.46. The van der Waals surface area contributed by atoms with E-state index in [4.69, 9.17) is 5.14 Å². The van der Waals surface area contributed by atoms with E-state index in [0.29, 0.717) is 11.3 Å². The number of hydrogen-bond donors (Lipinski definition) is 2. The van der Waals surface area contributed by atoms with Crippen LogP contribution in [-0.4, -0.2) is 13.4 Å². The van der Waals surface area contributed by atoms with Crippen molar-refractivity contribution in [3.63, 3.8) is 0 Å². The van der Waals surface area contributed by atoms with Crippen LogP contribution in [0.5, 0.6) is 0 Å². The van der Waals surface area contributed by atoms with Crippen molar-refractivity contribution in [2.45, 2.75) is 24.8 Å². The van der Waals surface area contributed by atoms with Gasteiger partial charge in [0.1, 0.15) is 5.82 Å². The van der Waals surface area contributed by atoms with Crippen molar-refractivity contribution in [1.82, 2.24) is 4.98 Å². The zero-order valence-corrected chi connectivity index (χ0v) is 12.5. The van der Waals surface area contributed by atoms with Gasteiger partial charge in [-0.3, -0.25) is 4.98 Å². The highest BCUT2D eigenvalue weighted by molar-refractivity contribution is 7.89. The van der Waals surface area contributed by atoms with Crippen molar-refractivity contribution in [3.8, 4) is 0 Å². The number of rotatable bonds is 4. The van der Waals surface area contributed by atoms with Crippen LogP contribution in [-0.2, 0) is 10.0 Å². The van der Waals surface area contributed by atoms with Crippen LogP contribution in [0.1, 0.15) is 24.1 Å². The van der Waals surface area contributed by atoms with E-state index in [0.717, 1.165) is 11.8 Å². The zero-order valence-electron chi connectivity index (χ0n) is 11.7. The molecule has 0 spiro atoms. The third kappa shape index (κ3) is 3.77. The van der Waals surface area contributed by atoms with Crippen LogP contribution in [0.2, 0.25) is 0 Å². The third-order valence-electron chi connectivity index (χ3n) is 3.14. The highest BCUT2D eigenvalue weighted by Crippen LogP contribution is 2.24. The molecular formula is C14H16FN3O2S. The smallest absolute Gasteiger partial charge is 0.238 e. The van der Waals surface area contributed by atoms with Gasteiger partial charge in [-0.25, -0.2) is 17.9 Å². The molecule has 1 atom stereocenters. The maximum atomic E-state index is 13.2. The van der Waals surface area contributed by atoms with Crippen LogP contribution >= 0.6 is 0 Å². The van der Waals surface area contributed by atoms with E-state index in [9.17, 15) is 12.8 Å². The Morgan fingerprint density at radius 2 is 2.00 bits per heavy atom. The number of halogens is 1. The van der Waals surface area contributed by atoms with Crippen molar-refractivity contribution in [2.24, 2.45) is 5.14 Å². The van der Waals surface area contributed by atoms with Gasteiger partial charge in [0.25, 0.3) is 0 Å². The van der Waals surface area contributed by atoms with Gasteiger partial charge in [-0.2, -0.15) is 0 Å². The van der Waals surface area contributed by atoms with Crippen LogP contribution in [0.3, 0.4) is 0 Å². The molecule has 0 bridgehead atoms. The van der Waals surface area contributed by atoms with Crippen LogP contribution in [0.4, 0.5) is 10.1 Å². The lowest BCUT2D eigenvalue weighted by molar-refractivity contribution is 0.598. The molecule has 1 unspecified atom stereocenters. The minimum Gasteiger partial charge on any atom is -0.378 e. The quantitative estimate of drug-likeness (QED) is 0.908. The Morgan fingerprint density at radius 1 is 1.29 bits per heavy atom. The number of hydrogen-bond acceptors (Lipinski definition) is 4. The van der Waals surface area contributed by atoms with Gasteiger partial charge < -0.3 is 5.32 Å². The molecule has 0 fully saturated rings. The van der Waals surface area contributed by atoms with E-state index in [1.165, 1.54) is 18.2 Å². The van der Waals surface area contributed by atoms with Gasteiger partial charge in [0.2, 0.25) is 10.0 Å². The molecule has 112 valence electrons. The molecule has 3 N–H and O–H groups in total. The molecule has 2 aromatic rings. The summed E-state index contributed by atoms with van der Waals surface area (Å²) in [5.74, 6) is -0.420. The number of pyridine rings is 1. The summed E-state index contributed by atoms with van der Waals surface area (Å²) in [6, 6.07) is 5.72. The van der Waals surface area contributed by atoms with Crippen molar-refractivity contribution < 1.29 is 12.8 Å². The number of benzene rings is 1. The Labute approximate surface area is 123 Å². The SMILES string of the molecule is Cc1ccc(S(N)(=O)=O)cc1NC(C)c1cncc(F)c1. The minimum atomic E-state index is -3.76. The number of nitrogens with two attached hydrogens (primary N) is 1. The molecule has 0 amide bonds. The van der Waals surface area contributed by atoms with Crippen molar-refractivity contribution in [1.29, 1.82) is 0 Å². The summed E-state index contributed by atoms with van der Waals surface area (Å²) in [6.45, 7) is 3.67. The molecule has 1 aromatic heterocycles. The van der Waals surface area contributed by atoms with Gasteiger partial charge in [0.05, 0.1) is 17.1 Å². The molecule has 2 rings (SSSR count). The number of nitrogens with one attached hydrogen (secondary N) is 1. The monoisotopic (exact) mass is 309 g/mol. The fraction of sp³-hybridized carbons (Fsp3) is 0.214. The molecule has 1 aromatic carbocycles. The second kappa shape index (κ2) is 5.79. The third-order valence-corrected chi connectivity index (χ3v) is 4.05. The summed E-state index contributed by atoms with van der Waals surface area (Å²) < 4.78 is 36.0. The largest absolute Gasteiger partial charge is 0.378 e. The predicted octanol–water partition coefficient (Wildman–Crippen LogP) is 2.35. The molecule has 7 heteroatoms. The second-order valence-electron chi connectivity index (χ2n) is 4.82. The number of aryl methyl sites for hydroxylation is 1. The molecule has 0 radical (unpaired) electrons. The summed E-state index contributed by atoms with van der Waals surface area (Å²) in [6.07, 6.45) is 2.68. The molecule has 5 nitrogen and oxygen atoms in total. The molecule has 21 heavy (non-hydrogen) atoms. The van der Waals surface area contributed by atoms with Gasteiger partial charge in [-0.05, 0) is 43.2 Å². The zero-order chi connectivity index (χ0) is 15.6. The number of sulfonamides is 1. The maximum absolute atomic E-state index is 13.2. The van der Waals surface area contributed by atoms with Crippen LogP contribution in [0, 0.1) is 12.7 Å². The fourth-order valence-electron chi connectivity index (χ4n) is 1.92. The van der Waals surface area contributed by atoms with E-state index in [-0.39, 0.29) is 10.9 Å². The predicted molar refractivity (Wildman–Crippen MR) is 78.8 cm³/mol. The first-order valence-electron chi connectivity index (χ1n) is 6.28. The number of aromatic nitrogens is 1.